The molecule has 8 heteroatoms. The van der Waals surface area contributed by atoms with E-state index in [1.165, 1.54) is 12.1 Å². The van der Waals surface area contributed by atoms with Crippen molar-refractivity contribution >= 4 is 17.3 Å². The van der Waals surface area contributed by atoms with Crippen molar-refractivity contribution in [2.75, 3.05) is 51.3 Å². The summed E-state index contributed by atoms with van der Waals surface area (Å²) in [5.74, 6) is -0.0568. The van der Waals surface area contributed by atoms with Crippen LogP contribution in [-0.2, 0) is 16.1 Å². The van der Waals surface area contributed by atoms with E-state index in [1.54, 1.807) is 24.1 Å². The molecule has 2 aromatic rings. The maximum absolute atomic E-state index is 13.1. The second-order valence-corrected chi connectivity index (χ2v) is 7.88. The molecule has 1 unspecified atom stereocenters. The van der Waals surface area contributed by atoms with Gasteiger partial charge in [-0.25, -0.2) is 0 Å². The Morgan fingerprint density at radius 3 is 2.39 bits per heavy atom. The van der Waals surface area contributed by atoms with Gasteiger partial charge in [0.1, 0.15) is 0 Å². The number of nitro groups is 1. The van der Waals surface area contributed by atoms with Gasteiger partial charge < -0.3 is 9.64 Å². The van der Waals surface area contributed by atoms with Crippen LogP contribution < -0.4 is 4.90 Å². The fraction of sp³-hybridized carbons (Fsp3) is 0.435. The van der Waals surface area contributed by atoms with E-state index in [0.717, 1.165) is 38.4 Å². The van der Waals surface area contributed by atoms with Gasteiger partial charge in [-0.15, -0.1) is 0 Å². The predicted molar refractivity (Wildman–Crippen MR) is 120 cm³/mol. The van der Waals surface area contributed by atoms with Crippen LogP contribution in [0.2, 0.25) is 0 Å². The molecule has 1 aliphatic heterocycles. The quantitative estimate of drug-likeness (QED) is 0.453. The van der Waals surface area contributed by atoms with Crippen molar-refractivity contribution in [1.82, 2.24) is 9.80 Å². The molecule has 2 aromatic carbocycles. The van der Waals surface area contributed by atoms with E-state index in [0.29, 0.717) is 12.2 Å². The average molecular weight is 427 g/mol. The Bertz CT molecular complexity index is 854. The first-order valence-electron chi connectivity index (χ1n) is 10.5. The summed E-state index contributed by atoms with van der Waals surface area (Å²) >= 11 is 0. The van der Waals surface area contributed by atoms with Crippen molar-refractivity contribution in [2.24, 2.45) is 0 Å². The Labute approximate surface area is 183 Å². The molecule has 3 rings (SSSR count). The van der Waals surface area contributed by atoms with Gasteiger partial charge in [-0.1, -0.05) is 30.3 Å². The topological polar surface area (TPSA) is 79.2 Å². The lowest BCUT2D eigenvalue weighted by atomic mass is 10.1. The number of anilines is 1. The molecule has 0 radical (unpaired) electrons. The summed E-state index contributed by atoms with van der Waals surface area (Å²) in [6.07, 6.45) is 0. The molecule has 31 heavy (non-hydrogen) atoms. The van der Waals surface area contributed by atoms with Crippen molar-refractivity contribution in [3.8, 4) is 0 Å². The third kappa shape index (κ3) is 6.58. The lowest BCUT2D eigenvalue weighted by molar-refractivity contribution is -0.384. The largest absolute Gasteiger partial charge is 0.379 e. The summed E-state index contributed by atoms with van der Waals surface area (Å²) in [6.45, 7) is 7.24. The highest BCUT2D eigenvalue weighted by molar-refractivity contribution is 5.94. The smallest absolute Gasteiger partial charge is 0.269 e. The molecule has 0 aromatic heterocycles. The summed E-state index contributed by atoms with van der Waals surface area (Å²) in [5.41, 5.74) is 1.80. The molecule has 0 saturated carbocycles. The van der Waals surface area contributed by atoms with Gasteiger partial charge in [0, 0.05) is 57.1 Å². The number of hydrogen-bond acceptors (Lipinski definition) is 6. The highest BCUT2D eigenvalue weighted by atomic mass is 16.6. The Kier molecular flexibility index (Phi) is 8.11. The van der Waals surface area contributed by atoms with E-state index in [4.69, 9.17) is 4.74 Å². The number of nitrogens with zero attached hydrogens (tertiary/aromatic N) is 4. The number of ether oxygens (including phenoxy) is 1. The van der Waals surface area contributed by atoms with E-state index >= 15 is 0 Å². The van der Waals surface area contributed by atoms with Gasteiger partial charge >= 0.3 is 0 Å². The first-order valence-corrected chi connectivity index (χ1v) is 10.5. The minimum absolute atomic E-state index is 0.00874. The molecule has 0 N–H and O–H groups in total. The van der Waals surface area contributed by atoms with Crippen molar-refractivity contribution in [1.29, 1.82) is 0 Å². The number of likely N-dealkylation sites (N-methyl/N-ethyl adjacent to an activating group) is 1. The molecule has 1 aliphatic rings. The highest BCUT2D eigenvalue weighted by Gasteiger charge is 2.23. The molecule has 0 spiro atoms. The third-order valence-corrected chi connectivity index (χ3v) is 5.64. The second-order valence-electron chi connectivity index (χ2n) is 7.88. The number of benzene rings is 2. The zero-order valence-electron chi connectivity index (χ0n) is 18.1. The lowest BCUT2D eigenvalue weighted by Crippen LogP contribution is -2.48. The van der Waals surface area contributed by atoms with Crippen LogP contribution in [0, 0.1) is 10.1 Å². The van der Waals surface area contributed by atoms with Crippen LogP contribution in [0.15, 0.2) is 54.6 Å². The average Bonchev–Trinajstić information content (AvgIpc) is 2.79. The number of amides is 1. The Hall–Kier alpha value is -2.81. The Morgan fingerprint density at radius 1 is 1.13 bits per heavy atom. The highest BCUT2D eigenvalue weighted by Crippen LogP contribution is 2.19. The molecular formula is C23H30N4O4. The standard InChI is InChI=1S/C23H30N4O4/c1-19(16-25-12-14-31-15-13-25)26(17-20-6-4-3-5-7-20)18-23(28)24(2)21-8-10-22(11-9-21)27(29)30/h3-11,19H,12-18H2,1-2H3. The number of nitro benzene ring substituents is 1. The Morgan fingerprint density at radius 2 is 1.77 bits per heavy atom. The lowest BCUT2D eigenvalue weighted by Gasteiger charge is -2.35. The van der Waals surface area contributed by atoms with Crippen LogP contribution in [0.1, 0.15) is 12.5 Å². The SMILES string of the molecule is CC(CN1CCOCC1)N(CC(=O)N(C)c1ccc([N+](=O)[O-])cc1)Cc1ccccc1. The fourth-order valence-corrected chi connectivity index (χ4v) is 3.68. The van der Waals surface area contributed by atoms with Crippen LogP contribution in [0.25, 0.3) is 0 Å². The van der Waals surface area contributed by atoms with Crippen molar-refractivity contribution in [3.05, 3.63) is 70.3 Å². The van der Waals surface area contributed by atoms with Gasteiger partial charge in [-0.3, -0.25) is 24.7 Å². The summed E-state index contributed by atoms with van der Waals surface area (Å²) in [6, 6.07) is 16.4. The molecule has 0 aliphatic carbocycles. The number of morpholine rings is 1. The number of carbonyl (C=O) groups is 1. The van der Waals surface area contributed by atoms with Crippen LogP contribution in [0.4, 0.5) is 11.4 Å². The first kappa shape index (κ1) is 22.9. The van der Waals surface area contributed by atoms with Gasteiger partial charge in [0.2, 0.25) is 5.91 Å². The van der Waals surface area contributed by atoms with E-state index in [2.05, 4.69) is 28.9 Å². The van der Waals surface area contributed by atoms with E-state index in [1.807, 2.05) is 18.2 Å². The minimum atomic E-state index is -0.444. The van der Waals surface area contributed by atoms with Crippen molar-refractivity contribution in [2.45, 2.75) is 19.5 Å². The molecular weight excluding hydrogens is 396 g/mol. The van der Waals surface area contributed by atoms with Crippen LogP contribution >= 0.6 is 0 Å². The summed E-state index contributed by atoms with van der Waals surface area (Å²) < 4.78 is 5.45. The zero-order chi connectivity index (χ0) is 22.2. The maximum atomic E-state index is 13.1. The van der Waals surface area contributed by atoms with E-state index < -0.39 is 4.92 Å². The molecule has 8 nitrogen and oxygen atoms in total. The van der Waals surface area contributed by atoms with Gasteiger partial charge in [-0.05, 0) is 24.6 Å². The second kappa shape index (κ2) is 11.0. The Balaban J connectivity index is 1.69. The number of non-ortho nitro benzene ring substituents is 1. The van der Waals surface area contributed by atoms with Gasteiger partial charge in [0.05, 0.1) is 24.7 Å². The summed E-state index contributed by atoms with van der Waals surface area (Å²) in [7, 11) is 1.71. The zero-order valence-corrected chi connectivity index (χ0v) is 18.1. The molecule has 166 valence electrons. The van der Waals surface area contributed by atoms with Gasteiger partial charge in [0.15, 0.2) is 0 Å². The molecule has 0 bridgehead atoms. The number of hydrogen-bond donors (Lipinski definition) is 0. The normalized spacial score (nSPS) is 15.6. The first-order chi connectivity index (χ1) is 14.9. The molecule has 1 saturated heterocycles. The molecule has 1 amide bonds. The monoisotopic (exact) mass is 426 g/mol. The van der Waals surface area contributed by atoms with Crippen LogP contribution in [0.3, 0.4) is 0 Å². The third-order valence-electron chi connectivity index (χ3n) is 5.64. The molecule has 1 fully saturated rings. The fourth-order valence-electron chi connectivity index (χ4n) is 3.68. The number of rotatable bonds is 9. The predicted octanol–water partition coefficient (Wildman–Crippen LogP) is 2.78. The molecule has 1 atom stereocenters. The van der Waals surface area contributed by atoms with E-state index in [9.17, 15) is 14.9 Å². The maximum Gasteiger partial charge on any atom is 0.269 e. The van der Waals surface area contributed by atoms with Crippen LogP contribution in [-0.4, -0.2) is 73.1 Å². The van der Waals surface area contributed by atoms with E-state index in [-0.39, 0.29) is 24.2 Å². The van der Waals surface area contributed by atoms with Gasteiger partial charge in [0.25, 0.3) is 5.69 Å². The minimum Gasteiger partial charge on any atom is -0.379 e. The van der Waals surface area contributed by atoms with Crippen molar-refractivity contribution in [3.63, 3.8) is 0 Å². The molecule has 1 heterocycles. The van der Waals surface area contributed by atoms with Crippen LogP contribution in [0.5, 0.6) is 0 Å². The van der Waals surface area contributed by atoms with Crippen molar-refractivity contribution < 1.29 is 14.5 Å². The summed E-state index contributed by atoms with van der Waals surface area (Å²) in [4.78, 5) is 29.6. The summed E-state index contributed by atoms with van der Waals surface area (Å²) in [5, 5.41) is 10.9. The number of carbonyl (C=O) groups excluding carboxylic acids is 1. The van der Waals surface area contributed by atoms with Gasteiger partial charge in [-0.2, -0.15) is 0 Å².